The zero-order chi connectivity index (χ0) is 15.0. The molecule has 0 aliphatic carbocycles. The van der Waals surface area contributed by atoms with Crippen LogP contribution in [0.5, 0.6) is 0 Å². The lowest BCUT2D eigenvalue weighted by molar-refractivity contribution is 0.881. The first-order valence-corrected chi connectivity index (χ1v) is 7.57. The van der Waals surface area contributed by atoms with Crippen LogP contribution >= 0.6 is 11.3 Å². The Labute approximate surface area is 127 Å². The van der Waals surface area contributed by atoms with Crippen molar-refractivity contribution in [2.75, 3.05) is 11.1 Å². The summed E-state index contributed by atoms with van der Waals surface area (Å²) in [6.07, 6.45) is 1.56. The second-order valence-corrected chi connectivity index (χ2v) is 6.28. The van der Waals surface area contributed by atoms with Crippen molar-refractivity contribution in [3.05, 3.63) is 40.1 Å². The van der Waals surface area contributed by atoms with Crippen molar-refractivity contribution in [1.29, 1.82) is 0 Å². The van der Waals surface area contributed by atoms with Crippen molar-refractivity contribution in [2.45, 2.75) is 26.8 Å². The summed E-state index contributed by atoms with van der Waals surface area (Å²) in [4.78, 5) is 14.3. The predicted octanol–water partition coefficient (Wildman–Crippen LogP) is 3.46. The molecule has 1 unspecified atom stereocenters. The van der Waals surface area contributed by atoms with Gasteiger partial charge >= 0.3 is 0 Å². The lowest BCUT2D eigenvalue weighted by Crippen LogP contribution is -2.08. The minimum absolute atomic E-state index is 0.145. The number of nitrogen functional groups attached to an aromatic ring is 1. The van der Waals surface area contributed by atoms with Gasteiger partial charge in [-0.25, -0.2) is 15.0 Å². The molecule has 6 heteroatoms. The van der Waals surface area contributed by atoms with Crippen LogP contribution in [0.1, 0.15) is 28.5 Å². The molecule has 1 aromatic carbocycles. The maximum atomic E-state index is 5.80. The average molecular weight is 299 g/mol. The van der Waals surface area contributed by atoms with Crippen molar-refractivity contribution >= 4 is 33.7 Å². The van der Waals surface area contributed by atoms with Crippen LogP contribution in [-0.4, -0.2) is 15.0 Å². The fourth-order valence-corrected chi connectivity index (χ4v) is 3.34. The maximum Gasteiger partial charge on any atom is 0.137 e. The smallest absolute Gasteiger partial charge is 0.137 e. The maximum absolute atomic E-state index is 5.80. The number of anilines is 2. The molecule has 0 radical (unpaired) electrons. The molecule has 0 bridgehead atoms. The van der Waals surface area contributed by atoms with Crippen molar-refractivity contribution < 1.29 is 0 Å². The molecule has 0 spiro atoms. The molecule has 5 nitrogen and oxygen atoms in total. The number of fused-ring (bicyclic) bond motifs is 1. The highest BCUT2D eigenvalue weighted by atomic mass is 32.1. The number of hydrogen-bond acceptors (Lipinski definition) is 6. The van der Waals surface area contributed by atoms with Gasteiger partial charge in [0, 0.05) is 16.0 Å². The number of thiazole rings is 1. The summed E-state index contributed by atoms with van der Waals surface area (Å²) in [7, 11) is 0. The lowest BCUT2D eigenvalue weighted by Gasteiger charge is -2.15. The fourth-order valence-electron chi connectivity index (χ4n) is 2.41. The molecule has 3 rings (SSSR count). The van der Waals surface area contributed by atoms with Crippen LogP contribution in [0.4, 0.5) is 11.5 Å². The highest BCUT2D eigenvalue weighted by Gasteiger charge is 2.14. The standard InChI is InChI=1S/C15H17N5S/c1-8-14(21-10(3)19-8)9(2)20-15-12-5-4-11(16)6-13(12)17-7-18-15/h4-7,9H,16H2,1-3H3,(H,17,18,20). The zero-order valence-corrected chi connectivity index (χ0v) is 13.0. The Hall–Kier alpha value is -2.21. The van der Waals surface area contributed by atoms with Crippen molar-refractivity contribution in [1.82, 2.24) is 15.0 Å². The molecule has 108 valence electrons. The van der Waals surface area contributed by atoms with Crippen LogP contribution in [-0.2, 0) is 0 Å². The van der Waals surface area contributed by atoms with Crippen molar-refractivity contribution in [3.63, 3.8) is 0 Å². The van der Waals surface area contributed by atoms with Crippen LogP contribution in [0.25, 0.3) is 10.9 Å². The van der Waals surface area contributed by atoms with E-state index in [2.05, 4.69) is 27.2 Å². The van der Waals surface area contributed by atoms with Crippen LogP contribution in [0.2, 0.25) is 0 Å². The number of nitrogens with two attached hydrogens (primary N) is 1. The molecular formula is C15H17N5S. The second kappa shape index (κ2) is 5.29. The minimum atomic E-state index is 0.145. The Morgan fingerprint density at radius 1 is 1.24 bits per heavy atom. The fraction of sp³-hybridized carbons (Fsp3) is 0.267. The number of hydrogen-bond donors (Lipinski definition) is 2. The van der Waals surface area contributed by atoms with E-state index in [1.807, 2.05) is 32.0 Å². The van der Waals surface area contributed by atoms with Crippen LogP contribution in [0.3, 0.4) is 0 Å². The third-order valence-electron chi connectivity index (χ3n) is 3.35. The molecule has 0 saturated heterocycles. The van der Waals surface area contributed by atoms with Gasteiger partial charge in [0.1, 0.15) is 12.1 Å². The number of aromatic nitrogens is 3. The topological polar surface area (TPSA) is 76.7 Å². The molecule has 0 aliphatic heterocycles. The molecule has 2 heterocycles. The Bertz CT molecular complexity index is 796. The molecule has 3 N–H and O–H groups in total. The van der Waals surface area contributed by atoms with Gasteiger partial charge in [-0.05, 0) is 39.0 Å². The normalized spacial score (nSPS) is 12.5. The van der Waals surface area contributed by atoms with Crippen LogP contribution < -0.4 is 11.1 Å². The number of benzene rings is 1. The van der Waals surface area contributed by atoms with Gasteiger partial charge in [0.15, 0.2) is 0 Å². The molecule has 2 aromatic heterocycles. The summed E-state index contributed by atoms with van der Waals surface area (Å²) in [5.74, 6) is 0.818. The Morgan fingerprint density at radius 2 is 2.05 bits per heavy atom. The van der Waals surface area contributed by atoms with Crippen molar-refractivity contribution in [3.8, 4) is 0 Å². The summed E-state index contributed by atoms with van der Waals surface area (Å²) in [5.41, 5.74) is 8.42. The molecule has 0 amide bonds. The van der Waals surface area contributed by atoms with Gasteiger partial charge in [-0.2, -0.15) is 0 Å². The predicted molar refractivity (Wildman–Crippen MR) is 87.6 cm³/mol. The Balaban J connectivity index is 1.96. The number of rotatable bonds is 3. The molecule has 1 atom stereocenters. The largest absolute Gasteiger partial charge is 0.399 e. The van der Waals surface area contributed by atoms with Gasteiger partial charge in [0.05, 0.1) is 22.3 Å². The first kappa shape index (κ1) is 13.8. The van der Waals surface area contributed by atoms with E-state index in [9.17, 15) is 0 Å². The monoisotopic (exact) mass is 299 g/mol. The minimum Gasteiger partial charge on any atom is -0.399 e. The average Bonchev–Trinajstić information content (AvgIpc) is 2.77. The van der Waals surface area contributed by atoms with E-state index in [0.29, 0.717) is 5.69 Å². The van der Waals surface area contributed by atoms with Crippen LogP contribution in [0.15, 0.2) is 24.5 Å². The molecule has 0 fully saturated rings. The zero-order valence-electron chi connectivity index (χ0n) is 12.2. The summed E-state index contributed by atoms with van der Waals surface area (Å²) in [5, 5.41) is 5.50. The van der Waals surface area contributed by atoms with E-state index in [1.165, 1.54) is 4.88 Å². The Kier molecular flexibility index (Phi) is 3.47. The first-order valence-electron chi connectivity index (χ1n) is 6.75. The highest BCUT2D eigenvalue weighted by molar-refractivity contribution is 7.11. The first-order chi connectivity index (χ1) is 10.0. The summed E-state index contributed by atoms with van der Waals surface area (Å²) < 4.78 is 0. The molecular weight excluding hydrogens is 282 g/mol. The van der Waals surface area contributed by atoms with Crippen LogP contribution in [0, 0.1) is 13.8 Å². The third-order valence-corrected chi connectivity index (χ3v) is 4.60. The van der Waals surface area contributed by atoms with E-state index in [0.717, 1.165) is 27.4 Å². The summed E-state index contributed by atoms with van der Waals surface area (Å²) >= 11 is 1.71. The van der Waals surface area contributed by atoms with Gasteiger partial charge in [-0.15, -0.1) is 11.3 Å². The van der Waals surface area contributed by atoms with E-state index in [4.69, 9.17) is 5.73 Å². The number of nitrogens with one attached hydrogen (secondary N) is 1. The molecule has 3 aromatic rings. The SMILES string of the molecule is Cc1nc(C)c(C(C)Nc2ncnc3cc(N)ccc23)s1. The van der Waals surface area contributed by atoms with Gasteiger partial charge in [0.2, 0.25) is 0 Å². The lowest BCUT2D eigenvalue weighted by atomic mass is 10.2. The van der Waals surface area contributed by atoms with Crippen molar-refractivity contribution in [2.24, 2.45) is 0 Å². The second-order valence-electron chi connectivity index (χ2n) is 5.05. The van der Waals surface area contributed by atoms with Gasteiger partial charge in [-0.3, -0.25) is 0 Å². The van der Waals surface area contributed by atoms with Gasteiger partial charge in [-0.1, -0.05) is 0 Å². The Morgan fingerprint density at radius 3 is 2.76 bits per heavy atom. The third kappa shape index (κ3) is 2.67. The number of aryl methyl sites for hydroxylation is 2. The summed E-state index contributed by atoms with van der Waals surface area (Å²) in [6, 6.07) is 5.81. The quantitative estimate of drug-likeness (QED) is 0.724. The summed E-state index contributed by atoms with van der Waals surface area (Å²) in [6.45, 7) is 6.18. The van der Waals surface area contributed by atoms with Gasteiger partial charge in [0.25, 0.3) is 0 Å². The van der Waals surface area contributed by atoms with E-state index in [-0.39, 0.29) is 6.04 Å². The molecule has 0 saturated carbocycles. The van der Waals surface area contributed by atoms with E-state index in [1.54, 1.807) is 17.7 Å². The molecule has 0 aliphatic rings. The van der Waals surface area contributed by atoms with Gasteiger partial charge < -0.3 is 11.1 Å². The van der Waals surface area contributed by atoms with E-state index >= 15 is 0 Å². The van der Waals surface area contributed by atoms with E-state index < -0.39 is 0 Å². The highest BCUT2D eigenvalue weighted by Crippen LogP contribution is 2.29. The molecule has 21 heavy (non-hydrogen) atoms. The number of nitrogens with zero attached hydrogens (tertiary/aromatic N) is 3.